The summed E-state index contributed by atoms with van der Waals surface area (Å²) in [6.07, 6.45) is 1.26. The third-order valence-electron chi connectivity index (χ3n) is 8.81. The van der Waals surface area contributed by atoms with Crippen LogP contribution < -0.4 is 0 Å². The molecule has 3 aliphatic rings. The maximum atomic E-state index is 14.1. The van der Waals surface area contributed by atoms with E-state index in [9.17, 15) is 34.8 Å². The predicted molar refractivity (Wildman–Crippen MR) is 130 cm³/mol. The van der Waals surface area contributed by atoms with Gasteiger partial charge in [-0.05, 0) is 50.2 Å². The first-order chi connectivity index (χ1) is 16.2. The van der Waals surface area contributed by atoms with E-state index < -0.39 is 51.6 Å². The molecule has 1 aromatic carbocycles. The fraction of sp³-hybridized carbons (Fsp3) is 0.464. The van der Waals surface area contributed by atoms with Gasteiger partial charge in [-0.15, -0.1) is 6.58 Å². The first kappa shape index (κ1) is 25.1. The Balaban J connectivity index is 2.04. The summed E-state index contributed by atoms with van der Waals surface area (Å²) in [6.45, 7) is 11.4. The SMILES string of the molecule is C=CCCc1ccc2c(c1O)C(O)=C1C(=O)C3(O)C(=O)C(C(C)=O)=C(C)CC3(C)C(O)C1(C)C2C. The Morgan fingerprint density at radius 1 is 1.20 bits per heavy atom. The number of rotatable bonds is 4. The number of Topliss-reactive ketones (excluding diaryl/α,β-unsaturated/α-hetero) is 3. The van der Waals surface area contributed by atoms with Gasteiger partial charge in [-0.25, -0.2) is 0 Å². The maximum Gasteiger partial charge on any atom is 0.206 e. The van der Waals surface area contributed by atoms with Crippen molar-refractivity contribution < 1.29 is 34.8 Å². The molecule has 5 atom stereocenters. The average molecular weight is 481 g/mol. The second kappa shape index (κ2) is 7.73. The van der Waals surface area contributed by atoms with Crippen LogP contribution in [0.5, 0.6) is 5.75 Å². The molecule has 0 spiro atoms. The van der Waals surface area contributed by atoms with E-state index in [0.717, 1.165) is 0 Å². The second-order valence-corrected chi connectivity index (χ2v) is 10.7. The van der Waals surface area contributed by atoms with Gasteiger partial charge in [-0.1, -0.05) is 44.6 Å². The molecule has 0 heterocycles. The van der Waals surface area contributed by atoms with Gasteiger partial charge in [0.15, 0.2) is 11.4 Å². The van der Waals surface area contributed by atoms with Gasteiger partial charge in [0.05, 0.1) is 22.8 Å². The number of aromatic hydroxyl groups is 1. The van der Waals surface area contributed by atoms with Crippen LogP contribution in [0.3, 0.4) is 0 Å². The number of phenols is 1. The number of carbonyl (C=O) groups is 3. The molecule has 0 aliphatic heterocycles. The molecule has 0 aromatic heterocycles. The predicted octanol–water partition coefficient (Wildman–Crippen LogP) is 3.46. The van der Waals surface area contributed by atoms with Crippen molar-refractivity contribution >= 4 is 23.1 Å². The van der Waals surface area contributed by atoms with Crippen molar-refractivity contribution in [1.29, 1.82) is 0 Å². The Kier molecular flexibility index (Phi) is 5.54. The zero-order valence-electron chi connectivity index (χ0n) is 20.7. The number of benzene rings is 1. The van der Waals surface area contributed by atoms with Gasteiger partial charge >= 0.3 is 0 Å². The lowest BCUT2D eigenvalue weighted by Crippen LogP contribution is -2.73. The van der Waals surface area contributed by atoms with Crippen LogP contribution in [0.2, 0.25) is 0 Å². The topological polar surface area (TPSA) is 132 Å². The van der Waals surface area contributed by atoms with Gasteiger partial charge in [-0.2, -0.15) is 0 Å². The van der Waals surface area contributed by atoms with E-state index in [4.69, 9.17) is 0 Å². The number of ketones is 3. The molecule has 1 fully saturated rings. The van der Waals surface area contributed by atoms with Crippen LogP contribution >= 0.6 is 0 Å². The Morgan fingerprint density at radius 2 is 1.83 bits per heavy atom. The maximum absolute atomic E-state index is 14.1. The molecule has 0 saturated heterocycles. The molecular weight excluding hydrogens is 448 g/mol. The van der Waals surface area contributed by atoms with E-state index in [0.29, 0.717) is 29.5 Å². The number of aliphatic hydroxyl groups excluding tert-OH is 2. The van der Waals surface area contributed by atoms with Crippen LogP contribution in [0.25, 0.3) is 5.76 Å². The summed E-state index contributed by atoms with van der Waals surface area (Å²) in [7, 11) is 0. The summed E-state index contributed by atoms with van der Waals surface area (Å²) in [5.74, 6) is -4.01. The summed E-state index contributed by atoms with van der Waals surface area (Å²) < 4.78 is 0. The number of allylic oxidation sites excluding steroid dienone is 2. The number of phenolic OH excluding ortho intramolecular Hbond substituents is 1. The number of hydrogen-bond acceptors (Lipinski definition) is 7. The van der Waals surface area contributed by atoms with Crippen LogP contribution in [0.4, 0.5) is 0 Å². The molecule has 4 rings (SSSR count). The lowest BCUT2D eigenvalue weighted by molar-refractivity contribution is -0.197. The highest BCUT2D eigenvalue weighted by Gasteiger charge is 2.74. The van der Waals surface area contributed by atoms with E-state index in [2.05, 4.69) is 6.58 Å². The van der Waals surface area contributed by atoms with Gasteiger partial charge in [0, 0.05) is 10.8 Å². The van der Waals surface area contributed by atoms with Crippen molar-refractivity contribution in [2.75, 3.05) is 0 Å². The number of aryl methyl sites for hydroxylation is 1. The summed E-state index contributed by atoms with van der Waals surface area (Å²) >= 11 is 0. The van der Waals surface area contributed by atoms with Crippen molar-refractivity contribution in [3.63, 3.8) is 0 Å². The van der Waals surface area contributed by atoms with Gasteiger partial charge in [0.25, 0.3) is 0 Å². The highest BCUT2D eigenvalue weighted by Crippen LogP contribution is 2.65. The third kappa shape index (κ3) is 2.82. The monoisotopic (exact) mass is 480 g/mol. The quantitative estimate of drug-likeness (QED) is 0.295. The van der Waals surface area contributed by atoms with Gasteiger partial charge < -0.3 is 20.4 Å². The molecule has 1 aromatic rings. The molecule has 1 saturated carbocycles. The Bertz CT molecular complexity index is 1270. The zero-order chi connectivity index (χ0) is 26.2. The van der Waals surface area contributed by atoms with Crippen molar-refractivity contribution in [3.05, 3.63) is 58.2 Å². The van der Waals surface area contributed by atoms with Crippen molar-refractivity contribution in [2.24, 2.45) is 10.8 Å². The Morgan fingerprint density at radius 3 is 2.40 bits per heavy atom. The minimum absolute atomic E-state index is 0.0496. The van der Waals surface area contributed by atoms with Crippen LogP contribution in [-0.4, -0.2) is 49.5 Å². The molecule has 5 unspecified atom stereocenters. The molecule has 7 heteroatoms. The molecule has 3 aliphatic carbocycles. The standard InChI is InChI=1S/C28H32O7/c1-7-8-9-16-10-11-17-14(3)27(6)20(22(31)19(17)21(16)30)24(33)28(35)23(32)18(15(4)29)13(2)12-26(28,5)25(27)34/h7,10-11,14,25,30-31,34-35H,1,8-9,12H2,2-6H3. The molecule has 0 bridgehead atoms. The first-order valence-electron chi connectivity index (χ1n) is 11.8. The largest absolute Gasteiger partial charge is 0.507 e. The first-order valence-corrected chi connectivity index (χ1v) is 11.8. The number of aliphatic hydroxyl groups is 3. The van der Waals surface area contributed by atoms with Crippen LogP contribution in [0.1, 0.15) is 70.1 Å². The highest BCUT2D eigenvalue weighted by atomic mass is 16.3. The van der Waals surface area contributed by atoms with Crippen molar-refractivity contribution in [2.45, 2.75) is 71.5 Å². The highest BCUT2D eigenvalue weighted by molar-refractivity contribution is 6.33. The normalized spacial score (nSPS) is 34.4. The van der Waals surface area contributed by atoms with Gasteiger partial charge in [0.2, 0.25) is 11.6 Å². The number of fused-ring (bicyclic) bond motifs is 3. The molecule has 0 radical (unpaired) electrons. The van der Waals surface area contributed by atoms with Crippen LogP contribution in [0, 0.1) is 10.8 Å². The van der Waals surface area contributed by atoms with E-state index in [1.54, 1.807) is 39.0 Å². The van der Waals surface area contributed by atoms with E-state index in [-0.39, 0.29) is 28.9 Å². The molecule has 35 heavy (non-hydrogen) atoms. The number of hydrogen-bond donors (Lipinski definition) is 4. The van der Waals surface area contributed by atoms with Gasteiger partial charge in [0.1, 0.15) is 11.5 Å². The molecule has 4 N–H and O–H groups in total. The van der Waals surface area contributed by atoms with E-state index in [1.807, 2.05) is 0 Å². The van der Waals surface area contributed by atoms with E-state index in [1.165, 1.54) is 13.8 Å². The lowest BCUT2D eigenvalue weighted by atomic mass is 9.43. The lowest BCUT2D eigenvalue weighted by Gasteiger charge is -2.61. The average Bonchev–Trinajstić information content (AvgIpc) is 2.78. The fourth-order valence-corrected chi connectivity index (χ4v) is 6.73. The minimum Gasteiger partial charge on any atom is -0.507 e. The summed E-state index contributed by atoms with van der Waals surface area (Å²) in [4.78, 5) is 39.8. The molecular formula is C28H32O7. The smallest absolute Gasteiger partial charge is 0.206 e. The molecule has 186 valence electrons. The molecule has 7 nitrogen and oxygen atoms in total. The summed E-state index contributed by atoms with van der Waals surface area (Å²) in [6, 6.07) is 3.52. The second-order valence-electron chi connectivity index (χ2n) is 10.7. The number of carbonyl (C=O) groups excluding carboxylic acids is 3. The zero-order valence-corrected chi connectivity index (χ0v) is 20.7. The summed E-state index contributed by atoms with van der Waals surface area (Å²) in [5.41, 5.74) is -4.78. The summed E-state index contributed by atoms with van der Waals surface area (Å²) in [5, 5.41) is 46.1. The Hall–Kier alpha value is -3.03. The van der Waals surface area contributed by atoms with Crippen LogP contribution in [-0.2, 0) is 20.8 Å². The van der Waals surface area contributed by atoms with E-state index >= 15 is 0 Å². The Labute approximate surface area is 204 Å². The third-order valence-corrected chi connectivity index (χ3v) is 8.81. The van der Waals surface area contributed by atoms with Crippen LogP contribution in [0.15, 0.2) is 41.5 Å². The van der Waals surface area contributed by atoms with Crippen molar-refractivity contribution in [3.8, 4) is 5.75 Å². The molecule has 0 amide bonds. The van der Waals surface area contributed by atoms with Crippen molar-refractivity contribution in [1.82, 2.24) is 0 Å². The minimum atomic E-state index is -2.75. The van der Waals surface area contributed by atoms with Gasteiger partial charge in [-0.3, -0.25) is 14.4 Å². The fourth-order valence-electron chi connectivity index (χ4n) is 6.73.